The number of imide groups is 1. The van der Waals surface area contributed by atoms with Gasteiger partial charge in [-0.15, -0.1) is 0 Å². The van der Waals surface area contributed by atoms with Gasteiger partial charge in [0, 0.05) is 6.21 Å². The highest BCUT2D eigenvalue weighted by atomic mass is 35.5. The lowest BCUT2D eigenvalue weighted by Crippen LogP contribution is -2.31. The molecule has 0 aromatic heterocycles. The fourth-order valence-electron chi connectivity index (χ4n) is 1.94. The number of nitrogens with zero attached hydrogens (tertiary/aromatic N) is 3. The van der Waals surface area contributed by atoms with Crippen molar-refractivity contribution >= 4 is 36.3 Å². The standard InChI is InChI=1S/C14H12ClN3O2/c1-3-17-11(12(15)16-2)8-18-13(19)9-6-4-5-7-10(9)14(18)20/h3-7H,2,8H2,1H3/b12-11-,17-3-. The Labute approximate surface area is 121 Å². The van der Waals surface area contributed by atoms with E-state index in [0.29, 0.717) is 16.8 Å². The van der Waals surface area contributed by atoms with E-state index in [1.807, 2.05) is 0 Å². The van der Waals surface area contributed by atoms with E-state index >= 15 is 0 Å². The highest BCUT2D eigenvalue weighted by Crippen LogP contribution is 2.24. The van der Waals surface area contributed by atoms with E-state index in [-0.39, 0.29) is 23.5 Å². The summed E-state index contributed by atoms with van der Waals surface area (Å²) in [5.41, 5.74) is 1.10. The van der Waals surface area contributed by atoms with Gasteiger partial charge in [0.25, 0.3) is 11.8 Å². The van der Waals surface area contributed by atoms with E-state index in [1.54, 1.807) is 31.2 Å². The van der Waals surface area contributed by atoms with Crippen molar-refractivity contribution in [3.05, 3.63) is 46.2 Å². The molecule has 0 bridgehead atoms. The fraction of sp³-hybridized carbons (Fsp3) is 0.143. The Balaban J connectivity index is 2.35. The molecule has 0 spiro atoms. The molecule has 0 aliphatic carbocycles. The molecule has 0 atom stereocenters. The minimum atomic E-state index is -0.358. The zero-order chi connectivity index (χ0) is 14.7. The van der Waals surface area contributed by atoms with E-state index in [0.717, 1.165) is 4.90 Å². The molecule has 1 heterocycles. The van der Waals surface area contributed by atoms with Crippen LogP contribution in [-0.4, -0.2) is 36.2 Å². The second-order valence-corrected chi connectivity index (χ2v) is 4.38. The van der Waals surface area contributed by atoms with Crippen LogP contribution >= 0.6 is 11.6 Å². The molecule has 0 N–H and O–H groups in total. The zero-order valence-corrected chi connectivity index (χ0v) is 11.6. The summed E-state index contributed by atoms with van der Waals surface area (Å²) in [6.45, 7) is 4.98. The Kier molecular flexibility index (Phi) is 4.10. The summed E-state index contributed by atoms with van der Waals surface area (Å²) < 4.78 is 0. The number of carbonyl (C=O) groups excluding carboxylic acids is 2. The lowest BCUT2D eigenvalue weighted by atomic mass is 10.1. The number of fused-ring (bicyclic) bond motifs is 1. The molecule has 0 saturated heterocycles. The zero-order valence-electron chi connectivity index (χ0n) is 10.8. The third kappa shape index (κ3) is 2.40. The first-order chi connectivity index (χ1) is 9.60. The Bertz CT molecular complexity index is 615. The first-order valence-electron chi connectivity index (χ1n) is 5.89. The van der Waals surface area contributed by atoms with Crippen molar-refractivity contribution in [3.63, 3.8) is 0 Å². The van der Waals surface area contributed by atoms with Gasteiger partial charge in [-0.2, -0.15) is 0 Å². The molecule has 2 rings (SSSR count). The van der Waals surface area contributed by atoms with Gasteiger partial charge in [0.1, 0.15) is 0 Å². The van der Waals surface area contributed by atoms with E-state index < -0.39 is 0 Å². The van der Waals surface area contributed by atoms with Gasteiger partial charge in [-0.1, -0.05) is 23.7 Å². The molecule has 102 valence electrons. The van der Waals surface area contributed by atoms with Gasteiger partial charge in [0.05, 0.1) is 23.4 Å². The number of carbonyl (C=O) groups is 2. The highest BCUT2D eigenvalue weighted by molar-refractivity contribution is 6.30. The largest absolute Gasteiger partial charge is 0.269 e. The maximum Gasteiger partial charge on any atom is 0.261 e. The summed E-state index contributed by atoms with van der Waals surface area (Å²) in [6, 6.07) is 6.67. The summed E-state index contributed by atoms with van der Waals surface area (Å²) in [5, 5.41) is 0.0691. The second-order valence-electron chi connectivity index (χ2n) is 4.02. The number of benzene rings is 1. The van der Waals surface area contributed by atoms with Crippen LogP contribution in [0.2, 0.25) is 0 Å². The molecule has 0 unspecified atom stereocenters. The maximum absolute atomic E-state index is 12.2. The van der Waals surface area contributed by atoms with Crippen LogP contribution in [0, 0.1) is 0 Å². The van der Waals surface area contributed by atoms with Crippen molar-refractivity contribution < 1.29 is 9.59 Å². The van der Waals surface area contributed by atoms with Gasteiger partial charge in [-0.05, 0) is 25.8 Å². The lowest BCUT2D eigenvalue weighted by molar-refractivity contribution is 0.0667. The van der Waals surface area contributed by atoms with Crippen LogP contribution < -0.4 is 0 Å². The summed E-state index contributed by atoms with van der Waals surface area (Å²) in [7, 11) is 0. The van der Waals surface area contributed by atoms with Gasteiger partial charge < -0.3 is 0 Å². The minimum Gasteiger partial charge on any atom is -0.269 e. The van der Waals surface area contributed by atoms with Gasteiger partial charge in [0.15, 0.2) is 5.16 Å². The smallest absolute Gasteiger partial charge is 0.261 e. The molecule has 6 heteroatoms. The Hall–Kier alpha value is -2.27. The molecular formula is C14H12ClN3O2. The van der Waals surface area contributed by atoms with E-state index in [4.69, 9.17) is 11.6 Å². The monoisotopic (exact) mass is 289 g/mol. The van der Waals surface area contributed by atoms with Crippen molar-refractivity contribution in [3.8, 4) is 0 Å². The number of hydrogen-bond acceptors (Lipinski definition) is 4. The van der Waals surface area contributed by atoms with Crippen molar-refractivity contribution in [2.24, 2.45) is 9.98 Å². The number of aliphatic imine (C=N–C) groups is 2. The van der Waals surface area contributed by atoms with Crippen LogP contribution in [0.4, 0.5) is 0 Å². The molecule has 5 nitrogen and oxygen atoms in total. The average molecular weight is 290 g/mol. The van der Waals surface area contributed by atoms with Crippen LogP contribution in [0.25, 0.3) is 0 Å². The van der Waals surface area contributed by atoms with Gasteiger partial charge >= 0.3 is 0 Å². The normalized spacial score (nSPS) is 15.6. The van der Waals surface area contributed by atoms with E-state index in [9.17, 15) is 9.59 Å². The minimum absolute atomic E-state index is 0.0332. The molecule has 1 aliphatic heterocycles. The van der Waals surface area contributed by atoms with Crippen LogP contribution in [0.15, 0.2) is 45.1 Å². The molecule has 1 aliphatic rings. The Morgan fingerprint density at radius 1 is 1.30 bits per heavy atom. The average Bonchev–Trinajstić information content (AvgIpc) is 2.71. The van der Waals surface area contributed by atoms with E-state index in [1.165, 1.54) is 6.21 Å². The van der Waals surface area contributed by atoms with Crippen molar-refractivity contribution in [2.45, 2.75) is 6.92 Å². The van der Waals surface area contributed by atoms with Crippen molar-refractivity contribution in [1.29, 1.82) is 0 Å². The summed E-state index contributed by atoms with van der Waals surface area (Å²) >= 11 is 5.88. The number of amides is 2. The van der Waals surface area contributed by atoms with Crippen molar-refractivity contribution in [1.82, 2.24) is 4.90 Å². The second kappa shape index (κ2) is 5.79. The van der Waals surface area contributed by atoms with Crippen molar-refractivity contribution in [2.75, 3.05) is 6.54 Å². The Morgan fingerprint density at radius 3 is 2.30 bits per heavy atom. The van der Waals surface area contributed by atoms with Gasteiger partial charge in [-0.3, -0.25) is 24.5 Å². The summed E-state index contributed by atoms with van der Waals surface area (Å²) in [5.74, 6) is -0.717. The quantitative estimate of drug-likeness (QED) is 0.486. The van der Waals surface area contributed by atoms with Crippen LogP contribution in [0.5, 0.6) is 0 Å². The third-order valence-corrected chi connectivity index (χ3v) is 3.19. The lowest BCUT2D eigenvalue weighted by Gasteiger charge is -2.14. The number of rotatable bonds is 4. The predicted octanol–water partition coefficient (Wildman–Crippen LogP) is 2.48. The van der Waals surface area contributed by atoms with Crippen LogP contribution in [0.3, 0.4) is 0 Å². The van der Waals surface area contributed by atoms with Crippen LogP contribution in [0.1, 0.15) is 27.6 Å². The third-order valence-electron chi connectivity index (χ3n) is 2.85. The first kappa shape index (κ1) is 14.1. The summed E-state index contributed by atoms with van der Waals surface area (Å²) in [6.07, 6.45) is 1.51. The topological polar surface area (TPSA) is 62.1 Å². The Morgan fingerprint density at radius 2 is 1.85 bits per heavy atom. The van der Waals surface area contributed by atoms with Crippen LogP contribution in [-0.2, 0) is 0 Å². The fourth-order valence-corrected chi connectivity index (χ4v) is 2.05. The molecule has 1 aromatic carbocycles. The summed E-state index contributed by atoms with van der Waals surface area (Å²) in [4.78, 5) is 33.1. The van der Waals surface area contributed by atoms with Gasteiger partial charge in [0.2, 0.25) is 0 Å². The molecule has 0 saturated carbocycles. The SMILES string of the molecule is C=N/C(Cl)=C(CN1C(=O)c2ccccc2C1=O)\N=C/C. The number of hydrogen-bond donors (Lipinski definition) is 0. The molecule has 0 fully saturated rings. The van der Waals surface area contributed by atoms with E-state index in [2.05, 4.69) is 16.7 Å². The molecule has 20 heavy (non-hydrogen) atoms. The predicted molar refractivity (Wildman–Crippen MR) is 78.4 cm³/mol. The molecule has 1 aromatic rings. The molecule has 2 amide bonds. The first-order valence-corrected chi connectivity index (χ1v) is 6.27. The molecular weight excluding hydrogens is 278 g/mol. The molecule has 0 radical (unpaired) electrons. The number of halogens is 1. The van der Waals surface area contributed by atoms with Gasteiger partial charge in [-0.25, -0.2) is 0 Å². The maximum atomic E-state index is 12.2. The highest BCUT2D eigenvalue weighted by Gasteiger charge is 2.35.